The lowest BCUT2D eigenvalue weighted by molar-refractivity contribution is 0.370. The van der Waals surface area contributed by atoms with E-state index in [4.69, 9.17) is 0 Å². The van der Waals surface area contributed by atoms with Crippen LogP contribution < -0.4 is 5.76 Å². The third-order valence-corrected chi connectivity index (χ3v) is 4.16. The molecule has 0 aliphatic heterocycles. The maximum absolute atomic E-state index is 11.1. The molecule has 0 aromatic carbocycles. The summed E-state index contributed by atoms with van der Waals surface area (Å²) < 4.78 is 4.67. The molecule has 1 rings (SSSR count). The third kappa shape index (κ3) is 8.08. The molecular weight excluding hydrogens is 264 g/mol. The van der Waals surface area contributed by atoms with Crippen molar-refractivity contribution in [1.29, 1.82) is 0 Å². The lowest BCUT2D eigenvalue weighted by atomic mass is 9.93. The SMILES string of the molecule is CCCCCCCC(CCCCCCC)c1noc(=O)[nH]1. The number of H-pyrrole nitrogens is 1. The monoisotopic (exact) mass is 296 g/mol. The summed E-state index contributed by atoms with van der Waals surface area (Å²) in [7, 11) is 0. The Hall–Kier alpha value is -1.06. The van der Waals surface area contributed by atoms with Gasteiger partial charge in [0.05, 0.1) is 0 Å². The van der Waals surface area contributed by atoms with Gasteiger partial charge in [0, 0.05) is 5.92 Å². The largest absolute Gasteiger partial charge is 0.438 e. The summed E-state index contributed by atoms with van der Waals surface area (Å²) >= 11 is 0. The van der Waals surface area contributed by atoms with Crippen LogP contribution in [0.2, 0.25) is 0 Å². The normalized spacial score (nSPS) is 11.4. The Morgan fingerprint density at radius 3 is 1.86 bits per heavy atom. The molecule has 0 saturated heterocycles. The van der Waals surface area contributed by atoms with Gasteiger partial charge in [0.1, 0.15) is 0 Å². The summed E-state index contributed by atoms with van der Waals surface area (Å²) in [6.07, 6.45) is 15.0. The van der Waals surface area contributed by atoms with E-state index in [0.717, 1.165) is 18.7 Å². The first-order chi connectivity index (χ1) is 10.3. The first-order valence-electron chi connectivity index (χ1n) is 8.83. The second-order valence-corrected chi connectivity index (χ2v) is 6.08. The van der Waals surface area contributed by atoms with Crippen molar-refractivity contribution in [2.24, 2.45) is 0 Å². The number of nitrogens with zero attached hydrogens (tertiary/aromatic N) is 1. The molecule has 4 nitrogen and oxygen atoms in total. The van der Waals surface area contributed by atoms with Crippen molar-refractivity contribution in [1.82, 2.24) is 10.1 Å². The van der Waals surface area contributed by atoms with E-state index in [9.17, 15) is 4.79 Å². The van der Waals surface area contributed by atoms with Crippen LogP contribution >= 0.6 is 0 Å². The van der Waals surface area contributed by atoms with E-state index < -0.39 is 5.76 Å². The molecule has 0 aliphatic carbocycles. The van der Waals surface area contributed by atoms with Gasteiger partial charge in [-0.15, -0.1) is 0 Å². The van der Waals surface area contributed by atoms with Gasteiger partial charge in [0.2, 0.25) is 0 Å². The highest BCUT2D eigenvalue weighted by Crippen LogP contribution is 2.25. The fourth-order valence-corrected chi connectivity index (χ4v) is 2.82. The maximum atomic E-state index is 11.1. The third-order valence-electron chi connectivity index (χ3n) is 4.16. The van der Waals surface area contributed by atoms with E-state index in [1.807, 2.05) is 0 Å². The van der Waals surface area contributed by atoms with E-state index in [1.54, 1.807) is 0 Å². The molecule has 0 atom stereocenters. The second-order valence-electron chi connectivity index (χ2n) is 6.08. The summed E-state index contributed by atoms with van der Waals surface area (Å²) in [6.45, 7) is 4.47. The van der Waals surface area contributed by atoms with E-state index >= 15 is 0 Å². The van der Waals surface area contributed by atoms with Crippen molar-refractivity contribution in [3.05, 3.63) is 16.4 Å². The van der Waals surface area contributed by atoms with Crippen molar-refractivity contribution in [3.63, 3.8) is 0 Å². The maximum Gasteiger partial charge on any atom is 0.438 e. The zero-order valence-corrected chi connectivity index (χ0v) is 13.8. The van der Waals surface area contributed by atoms with Crippen molar-refractivity contribution in [2.75, 3.05) is 0 Å². The summed E-state index contributed by atoms with van der Waals surface area (Å²) in [4.78, 5) is 13.9. The van der Waals surface area contributed by atoms with Crippen molar-refractivity contribution >= 4 is 0 Å². The van der Waals surface area contributed by atoms with Crippen LogP contribution in [0.5, 0.6) is 0 Å². The zero-order chi connectivity index (χ0) is 15.3. The van der Waals surface area contributed by atoms with Gasteiger partial charge in [-0.1, -0.05) is 83.2 Å². The average molecular weight is 296 g/mol. The minimum Gasteiger partial charge on any atom is -0.296 e. The molecule has 122 valence electrons. The standard InChI is InChI=1S/C17H32N2O2/c1-3-5-7-9-11-13-15(14-12-10-8-6-4-2)16-18-17(20)21-19-16/h15H,3-14H2,1-2H3,(H,18,19,20). The molecule has 1 aromatic heterocycles. The fraction of sp³-hybridized carbons (Fsp3) is 0.882. The number of hydrogen-bond donors (Lipinski definition) is 1. The van der Waals surface area contributed by atoms with Crippen LogP contribution in [0.1, 0.15) is 103 Å². The van der Waals surface area contributed by atoms with Crippen LogP contribution in [-0.4, -0.2) is 10.1 Å². The van der Waals surface area contributed by atoms with Gasteiger partial charge in [0.15, 0.2) is 5.82 Å². The van der Waals surface area contributed by atoms with Crippen LogP contribution in [0.3, 0.4) is 0 Å². The summed E-state index contributed by atoms with van der Waals surface area (Å²) in [5.74, 6) is 0.692. The number of hydrogen-bond acceptors (Lipinski definition) is 3. The van der Waals surface area contributed by atoms with E-state index in [-0.39, 0.29) is 0 Å². The molecule has 0 saturated carbocycles. The molecule has 0 aliphatic rings. The Labute approximate surface area is 128 Å². The molecule has 21 heavy (non-hydrogen) atoms. The summed E-state index contributed by atoms with van der Waals surface area (Å²) in [5, 5.41) is 3.90. The van der Waals surface area contributed by atoms with Gasteiger partial charge >= 0.3 is 5.76 Å². The Bertz CT molecular complexity index is 383. The molecule has 1 N–H and O–H groups in total. The first kappa shape index (κ1) is 18.0. The van der Waals surface area contributed by atoms with Crippen LogP contribution in [0.25, 0.3) is 0 Å². The van der Waals surface area contributed by atoms with Crippen LogP contribution in [-0.2, 0) is 0 Å². The molecule has 1 aromatic rings. The van der Waals surface area contributed by atoms with Gasteiger partial charge in [-0.2, -0.15) is 0 Å². The van der Waals surface area contributed by atoms with Crippen molar-refractivity contribution < 1.29 is 4.52 Å². The van der Waals surface area contributed by atoms with E-state index in [1.165, 1.54) is 64.2 Å². The summed E-state index contributed by atoms with van der Waals surface area (Å²) in [6, 6.07) is 0. The smallest absolute Gasteiger partial charge is 0.296 e. The number of unbranched alkanes of at least 4 members (excludes halogenated alkanes) is 8. The zero-order valence-electron chi connectivity index (χ0n) is 13.8. The number of aromatic amines is 1. The van der Waals surface area contributed by atoms with Crippen LogP contribution in [0.15, 0.2) is 9.32 Å². The van der Waals surface area contributed by atoms with Crippen LogP contribution in [0, 0.1) is 0 Å². The van der Waals surface area contributed by atoms with Gasteiger partial charge in [-0.05, 0) is 12.8 Å². The number of aromatic nitrogens is 2. The minimum atomic E-state index is -0.424. The van der Waals surface area contributed by atoms with Gasteiger partial charge < -0.3 is 0 Å². The highest BCUT2D eigenvalue weighted by atomic mass is 16.5. The highest BCUT2D eigenvalue weighted by molar-refractivity contribution is 4.91. The average Bonchev–Trinajstić information content (AvgIpc) is 2.91. The highest BCUT2D eigenvalue weighted by Gasteiger charge is 2.15. The Kier molecular flexibility index (Phi) is 9.92. The van der Waals surface area contributed by atoms with Gasteiger partial charge in [-0.25, -0.2) is 4.79 Å². The lowest BCUT2D eigenvalue weighted by Crippen LogP contribution is -2.05. The molecular formula is C17H32N2O2. The van der Waals surface area contributed by atoms with E-state index in [0.29, 0.717) is 5.92 Å². The summed E-state index contributed by atoms with van der Waals surface area (Å²) in [5.41, 5.74) is 0. The van der Waals surface area contributed by atoms with Crippen LogP contribution in [0.4, 0.5) is 0 Å². The second kappa shape index (κ2) is 11.6. The first-order valence-corrected chi connectivity index (χ1v) is 8.83. The Balaban J connectivity index is 2.33. The molecule has 1 heterocycles. The molecule has 0 bridgehead atoms. The molecule has 0 spiro atoms. The molecule has 0 amide bonds. The quantitative estimate of drug-likeness (QED) is 0.511. The van der Waals surface area contributed by atoms with Gasteiger partial charge in [-0.3, -0.25) is 9.51 Å². The van der Waals surface area contributed by atoms with Crippen molar-refractivity contribution in [3.8, 4) is 0 Å². The molecule has 4 heteroatoms. The lowest BCUT2D eigenvalue weighted by Gasteiger charge is -2.13. The topological polar surface area (TPSA) is 58.9 Å². The number of nitrogens with one attached hydrogen (secondary N) is 1. The Morgan fingerprint density at radius 2 is 1.43 bits per heavy atom. The number of rotatable bonds is 13. The predicted octanol–water partition coefficient (Wildman–Crippen LogP) is 5.17. The predicted molar refractivity (Wildman–Crippen MR) is 86.6 cm³/mol. The fourth-order valence-electron chi connectivity index (χ4n) is 2.82. The van der Waals surface area contributed by atoms with Crippen molar-refractivity contribution in [2.45, 2.75) is 96.8 Å². The minimum absolute atomic E-state index is 0.361. The van der Waals surface area contributed by atoms with Gasteiger partial charge in [0.25, 0.3) is 0 Å². The molecule has 0 radical (unpaired) electrons. The molecule has 0 fully saturated rings. The van der Waals surface area contributed by atoms with E-state index in [2.05, 4.69) is 28.5 Å². The Morgan fingerprint density at radius 1 is 0.905 bits per heavy atom. The molecule has 0 unspecified atom stereocenters.